The molecule has 16 heavy (non-hydrogen) atoms. The number of aromatic amines is 1. The van der Waals surface area contributed by atoms with Gasteiger partial charge in [0, 0.05) is 25.0 Å². The topological polar surface area (TPSA) is 48.0 Å². The second-order valence-corrected chi connectivity index (χ2v) is 4.95. The van der Waals surface area contributed by atoms with Gasteiger partial charge in [-0.05, 0) is 43.7 Å². The first-order valence-electron chi connectivity index (χ1n) is 6.29. The fourth-order valence-electron chi connectivity index (χ4n) is 2.44. The van der Waals surface area contributed by atoms with E-state index in [1.165, 1.54) is 5.56 Å². The first-order chi connectivity index (χ1) is 7.72. The molecular weight excluding hydrogens is 200 g/mol. The van der Waals surface area contributed by atoms with E-state index in [4.69, 9.17) is 0 Å². The number of aliphatic hydroxyl groups is 1. The fourth-order valence-corrected chi connectivity index (χ4v) is 2.44. The summed E-state index contributed by atoms with van der Waals surface area (Å²) in [7, 11) is 0. The van der Waals surface area contributed by atoms with Crippen LogP contribution in [0.3, 0.4) is 0 Å². The number of hydrogen-bond donors (Lipinski definition) is 3. The molecule has 0 radical (unpaired) electrons. The van der Waals surface area contributed by atoms with E-state index in [0.29, 0.717) is 6.04 Å². The molecule has 1 aliphatic rings. The zero-order valence-electron chi connectivity index (χ0n) is 10.00. The molecule has 2 rings (SSSR count). The smallest absolute Gasteiger partial charge is 0.0646 e. The molecule has 0 spiro atoms. The largest absolute Gasteiger partial charge is 0.390 e. The summed E-state index contributed by atoms with van der Waals surface area (Å²) in [4.78, 5) is 3.06. The van der Waals surface area contributed by atoms with Gasteiger partial charge in [-0.25, -0.2) is 0 Å². The molecule has 3 nitrogen and oxygen atoms in total. The Hall–Kier alpha value is -0.800. The maximum absolute atomic E-state index is 10.1. The lowest BCUT2D eigenvalue weighted by Crippen LogP contribution is -2.40. The average molecular weight is 222 g/mol. The van der Waals surface area contributed by atoms with Gasteiger partial charge in [0.2, 0.25) is 0 Å². The van der Waals surface area contributed by atoms with Crippen LogP contribution in [0, 0.1) is 0 Å². The first-order valence-corrected chi connectivity index (χ1v) is 6.29. The van der Waals surface area contributed by atoms with Crippen LogP contribution >= 0.6 is 0 Å². The van der Waals surface area contributed by atoms with Gasteiger partial charge in [0.15, 0.2) is 0 Å². The Morgan fingerprint density at radius 3 is 2.81 bits per heavy atom. The zero-order chi connectivity index (χ0) is 11.4. The van der Waals surface area contributed by atoms with Gasteiger partial charge in [0.1, 0.15) is 0 Å². The third kappa shape index (κ3) is 2.86. The zero-order valence-corrected chi connectivity index (χ0v) is 10.00. The molecule has 1 aromatic rings. The minimum atomic E-state index is -0.383. The lowest BCUT2D eigenvalue weighted by molar-refractivity contribution is -0.00691. The molecule has 0 unspecified atom stereocenters. The minimum Gasteiger partial charge on any atom is -0.390 e. The highest BCUT2D eigenvalue weighted by Gasteiger charge is 2.30. The Labute approximate surface area is 97.3 Å². The van der Waals surface area contributed by atoms with E-state index < -0.39 is 0 Å². The van der Waals surface area contributed by atoms with Crippen molar-refractivity contribution in [3.63, 3.8) is 0 Å². The number of rotatable bonds is 4. The number of H-pyrrole nitrogens is 1. The van der Waals surface area contributed by atoms with E-state index in [-0.39, 0.29) is 5.60 Å². The van der Waals surface area contributed by atoms with Crippen molar-refractivity contribution in [2.45, 2.75) is 57.2 Å². The summed E-state index contributed by atoms with van der Waals surface area (Å²) in [6, 6.07) is 2.67. The maximum atomic E-state index is 10.1. The van der Waals surface area contributed by atoms with Crippen LogP contribution in [0.15, 0.2) is 18.5 Å². The minimum absolute atomic E-state index is 0.383. The molecule has 1 heterocycles. The molecule has 1 aliphatic carbocycles. The molecule has 0 amide bonds. The van der Waals surface area contributed by atoms with E-state index in [1.54, 1.807) is 0 Å². The standard InChI is InChI=1S/C13H22N2O/c1-2-13(16)6-3-12(4-7-13)15-10-11-5-8-14-9-11/h5,8-9,12,14-16H,2-4,6-7,10H2,1H3. The van der Waals surface area contributed by atoms with Crippen LogP contribution in [-0.4, -0.2) is 21.7 Å². The van der Waals surface area contributed by atoms with Crippen LogP contribution in [0.4, 0.5) is 0 Å². The fraction of sp³-hybridized carbons (Fsp3) is 0.692. The van der Waals surface area contributed by atoms with E-state index in [9.17, 15) is 5.11 Å². The highest BCUT2D eigenvalue weighted by Crippen LogP contribution is 2.30. The van der Waals surface area contributed by atoms with Gasteiger partial charge < -0.3 is 15.4 Å². The van der Waals surface area contributed by atoms with E-state index in [1.807, 2.05) is 12.4 Å². The predicted molar refractivity (Wildman–Crippen MR) is 65.1 cm³/mol. The van der Waals surface area contributed by atoms with Crippen LogP contribution < -0.4 is 5.32 Å². The third-order valence-corrected chi connectivity index (χ3v) is 3.83. The highest BCUT2D eigenvalue weighted by atomic mass is 16.3. The average Bonchev–Trinajstić information content (AvgIpc) is 2.81. The van der Waals surface area contributed by atoms with Crippen LogP contribution in [0.1, 0.15) is 44.6 Å². The molecule has 90 valence electrons. The van der Waals surface area contributed by atoms with Crippen molar-refractivity contribution < 1.29 is 5.11 Å². The molecule has 0 bridgehead atoms. The first kappa shape index (κ1) is 11.7. The summed E-state index contributed by atoms with van der Waals surface area (Å²) >= 11 is 0. The lowest BCUT2D eigenvalue weighted by atomic mass is 9.80. The molecule has 0 atom stereocenters. The van der Waals surface area contributed by atoms with Crippen molar-refractivity contribution in [3.8, 4) is 0 Å². The number of hydrogen-bond acceptors (Lipinski definition) is 2. The summed E-state index contributed by atoms with van der Waals surface area (Å²) < 4.78 is 0. The normalized spacial score (nSPS) is 30.5. The van der Waals surface area contributed by atoms with Gasteiger partial charge in [0.05, 0.1) is 5.60 Å². The summed E-state index contributed by atoms with van der Waals surface area (Å²) in [5, 5.41) is 13.7. The van der Waals surface area contributed by atoms with Gasteiger partial charge in [-0.15, -0.1) is 0 Å². The Balaban J connectivity index is 1.73. The van der Waals surface area contributed by atoms with Gasteiger partial charge in [-0.1, -0.05) is 6.92 Å². The Morgan fingerprint density at radius 1 is 1.50 bits per heavy atom. The highest BCUT2D eigenvalue weighted by molar-refractivity contribution is 5.07. The summed E-state index contributed by atoms with van der Waals surface area (Å²) in [5.74, 6) is 0. The Morgan fingerprint density at radius 2 is 2.25 bits per heavy atom. The van der Waals surface area contributed by atoms with Gasteiger partial charge in [-0.3, -0.25) is 0 Å². The second-order valence-electron chi connectivity index (χ2n) is 4.95. The van der Waals surface area contributed by atoms with Gasteiger partial charge in [0.25, 0.3) is 0 Å². The van der Waals surface area contributed by atoms with Crippen LogP contribution in [-0.2, 0) is 6.54 Å². The maximum Gasteiger partial charge on any atom is 0.0646 e. The molecule has 1 saturated carbocycles. The molecule has 0 saturated heterocycles. The van der Waals surface area contributed by atoms with E-state index >= 15 is 0 Å². The van der Waals surface area contributed by atoms with Crippen LogP contribution in [0.5, 0.6) is 0 Å². The molecular formula is C13H22N2O. The van der Waals surface area contributed by atoms with Crippen molar-refractivity contribution in [3.05, 3.63) is 24.0 Å². The Bertz CT molecular complexity index is 300. The van der Waals surface area contributed by atoms with E-state index in [2.05, 4.69) is 23.3 Å². The van der Waals surface area contributed by atoms with Crippen molar-refractivity contribution in [1.82, 2.24) is 10.3 Å². The number of nitrogens with one attached hydrogen (secondary N) is 2. The number of aromatic nitrogens is 1. The summed E-state index contributed by atoms with van der Waals surface area (Å²) in [6.07, 6.45) is 8.93. The van der Waals surface area contributed by atoms with Gasteiger partial charge in [-0.2, -0.15) is 0 Å². The summed E-state index contributed by atoms with van der Waals surface area (Å²) in [5.41, 5.74) is 0.919. The second kappa shape index (κ2) is 5.02. The molecule has 3 N–H and O–H groups in total. The van der Waals surface area contributed by atoms with Gasteiger partial charge >= 0.3 is 0 Å². The molecule has 1 aromatic heterocycles. The Kier molecular flexibility index (Phi) is 3.66. The van der Waals surface area contributed by atoms with Crippen molar-refractivity contribution in [1.29, 1.82) is 0 Å². The predicted octanol–water partition coefficient (Wildman–Crippen LogP) is 2.19. The SMILES string of the molecule is CCC1(O)CCC(NCc2cc[nH]c2)CC1. The summed E-state index contributed by atoms with van der Waals surface area (Å²) in [6.45, 7) is 3.01. The quantitative estimate of drug-likeness (QED) is 0.731. The van der Waals surface area contributed by atoms with Crippen molar-refractivity contribution >= 4 is 0 Å². The van der Waals surface area contributed by atoms with Crippen molar-refractivity contribution in [2.75, 3.05) is 0 Å². The molecule has 0 aliphatic heterocycles. The molecule has 1 fully saturated rings. The van der Waals surface area contributed by atoms with Crippen molar-refractivity contribution in [2.24, 2.45) is 0 Å². The lowest BCUT2D eigenvalue weighted by Gasteiger charge is -2.35. The molecule has 0 aromatic carbocycles. The monoisotopic (exact) mass is 222 g/mol. The molecule has 3 heteroatoms. The van der Waals surface area contributed by atoms with Crippen LogP contribution in [0.2, 0.25) is 0 Å². The van der Waals surface area contributed by atoms with Crippen LogP contribution in [0.25, 0.3) is 0 Å². The third-order valence-electron chi connectivity index (χ3n) is 3.83. The van der Waals surface area contributed by atoms with E-state index in [0.717, 1.165) is 38.6 Å².